The molecule has 0 unspecified atom stereocenters. The molecule has 0 atom stereocenters. The highest BCUT2D eigenvalue weighted by molar-refractivity contribution is 7.90. The Hall–Kier alpha value is -1.16. The lowest BCUT2D eigenvalue weighted by Crippen LogP contribution is -2.31. The van der Waals surface area contributed by atoms with Crippen LogP contribution in [0.2, 0.25) is 0 Å². The molecule has 102 valence electrons. The summed E-state index contributed by atoms with van der Waals surface area (Å²) in [6.07, 6.45) is 0. The summed E-state index contributed by atoms with van der Waals surface area (Å²) in [6, 6.07) is 4.49. The Labute approximate surface area is 106 Å². The van der Waals surface area contributed by atoms with E-state index in [2.05, 4.69) is 4.72 Å². The molecular formula is C9H15N3O4S2. The topological polar surface area (TPSA) is 132 Å². The number of sulfonamides is 2. The van der Waals surface area contributed by atoms with Crippen molar-refractivity contribution in [1.82, 2.24) is 4.72 Å². The van der Waals surface area contributed by atoms with Gasteiger partial charge in [0, 0.05) is 12.2 Å². The van der Waals surface area contributed by atoms with Crippen molar-refractivity contribution in [3.05, 3.63) is 23.8 Å². The van der Waals surface area contributed by atoms with E-state index in [9.17, 15) is 16.8 Å². The van der Waals surface area contributed by atoms with Crippen molar-refractivity contribution < 1.29 is 16.8 Å². The third-order valence-corrected chi connectivity index (χ3v) is 4.67. The van der Waals surface area contributed by atoms with Crippen molar-refractivity contribution in [2.24, 2.45) is 5.14 Å². The van der Waals surface area contributed by atoms with Gasteiger partial charge in [-0.15, -0.1) is 0 Å². The molecule has 5 N–H and O–H groups in total. The van der Waals surface area contributed by atoms with Gasteiger partial charge in [0.2, 0.25) is 20.0 Å². The fourth-order valence-corrected chi connectivity index (χ4v) is 3.14. The van der Waals surface area contributed by atoms with E-state index in [1.165, 1.54) is 12.1 Å². The van der Waals surface area contributed by atoms with Crippen molar-refractivity contribution in [2.45, 2.75) is 11.8 Å². The average molecular weight is 293 g/mol. The second kappa shape index (κ2) is 5.22. The lowest BCUT2D eigenvalue weighted by Gasteiger charge is -2.10. The Morgan fingerprint density at radius 2 is 1.83 bits per heavy atom. The Kier molecular flexibility index (Phi) is 4.32. The quantitative estimate of drug-likeness (QED) is 0.608. The minimum atomic E-state index is -3.79. The van der Waals surface area contributed by atoms with E-state index in [1.54, 1.807) is 13.0 Å². The lowest BCUT2D eigenvalue weighted by molar-refractivity contribution is 0.581. The summed E-state index contributed by atoms with van der Waals surface area (Å²) in [7, 11) is -7.48. The van der Waals surface area contributed by atoms with Gasteiger partial charge in [-0.05, 0) is 24.6 Å². The van der Waals surface area contributed by atoms with Crippen molar-refractivity contribution in [3.8, 4) is 0 Å². The van der Waals surface area contributed by atoms with E-state index in [0.29, 0.717) is 11.3 Å². The van der Waals surface area contributed by atoms with Gasteiger partial charge in [-0.1, -0.05) is 6.07 Å². The van der Waals surface area contributed by atoms with Gasteiger partial charge in [0.15, 0.2) is 0 Å². The molecule has 0 heterocycles. The molecular weight excluding hydrogens is 278 g/mol. The van der Waals surface area contributed by atoms with Crippen LogP contribution in [0.25, 0.3) is 0 Å². The minimum Gasteiger partial charge on any atom is -0.398 e. The first-order valence-corrected chi connectivity index (χ1v) is 8.18. The molecule has 0 bridgehead atoms. The van der Waals surface area contributed by atoms with Crippen LogP contribution in [0.5, 0.6) is 0 Å². The van der Waals surface area contributed by atoms with Crippen molar-refractivity contribution >= 4 is 25.7 Å². The highest BCUT2D eigenvalue weighted by atomic mass is 32.2. The monoisotopic (exact) mass is 293 g/mol. The summed E-state index contributed by atoms with van der Waals surface area (Å²) in [5, 5.41) is 4.77. The van der Waals surface area contributed by atoms with Crippen LogP contribution in [-0.2, 0) is 20.0 Å². The molecule has 0 saturated carbocycles. The molecule has 0 aliphatic heterocycles. The Bertz CT molecular complexity index is 638. The van der Waals surface area contributed by atoms with Gasteiger partial charge in [-0.25, -0.2) is 26.7 Å². The second-order valence-corrected chi connectivity index (χ2v) is 7.20. The SMILES string of the molecule is Cc1c(N)cccc1S(=O)(=O)NCCS(N)(=O)=O. The Morgan fingerprint density at radius 3 is 2.39 bits per heavy atom. The second-order valence-electron chi connectivity index (χ2n) is 3.74. The van der Waals surface area contributed by atoms with Crippen LogP contribution in [-0.4, -0.2) is 29.1 Å². The van der Waals surface area contributed by atoms with Crippen LogP contribution in [0.3, 0.4) is 0 Å². The highest BCUT2D eigenvalue weighted by Crippen LogP contribution is 2.19. The largest absolute Gasteiger partial charge is 0.398 e. The number of rotatable bonds is 5. The van der Waals surface area contributed by atoms with Gasteiger partial charge in [-0.3, -0.25) is 0 Å². The molecule has 1 aromatic carbocycles. The minimum absolute atomic E-state index is 0.0249. The van der Waals surface area contributed by atoms with Crippen molar-refractivity contribution in [1.29, 1.82) is 0 Å². The summed E-state index contributed by atoms with van der Waals surface area (Å²) < 4.78 is 47.3. The fourth-order valence-electron chi connectivity index (χ4n) is 1.32. The van der Waals surface area contributed by atoms with Crippen LogP contribution in [0.1, 0.15) is 5.56 Å². The third-order valence-electron chi connectivity index (χ3n) is 2.29. The summed E-state index contributed by atoms with van der Waals surface area (Å²) in [5.41, 5.74) is 6.38. The van der Waals surface area contributed by atoms with Crippen LogP contribution in [0.15, 0.2) is 23.1 Å². The first-order chi connectivity index (χ1) is 8.13. The zero-order valence-corrected chi connectivity index (χ0v) is 11.4. The Morgan fingerprint density at radius 1 is 1.22 bits per heavy atom. The molecule has 0 aliphatic rings. The van der Waals surface area contributed by atoms with Crippen LogP contribution in [0, 0.1) is 6.92 Å². The summed E-state index contributed by atoms with van der Waals surface area (Å²) >= 11 is 0. The number of hydrogen-bond acceptors (Lipinski definition) is 5. The standard InChI is InChI=1S/C9H15N3O4S2/c1-7-8(10)3-2-4-9(7)18(15,16)12-5-6-17(11,13)14/h2-4,12H,5-6,10H2,1H3,(H2,11,13,14). The molecule has 7 nitrogen and oxygen atoms in total. The molecule has 0 radical (unpaired) electrons. The molecule has 0 fully saturated rings. The number of nitrogens with two attached hydrogens (primary N) is 2. The maximum Gasteiger partial charge on any atom is 0.240 e. The Balaban J connectivity index is 2.91. The summed E-state index contributed by atoms with van der Waals surface area (Å²) in [6.45, 7) is 1.29. The number of anilines is 1. The average Bonchev–Trinajstić information content (AvgIpc) is 2.19. The van der Waals surface area contributed by atoms with E-state index in [-0.39, 0.29) is 11.4 Å². The molecule has 0 aliphatic carbocycles. The van der Waals surface area contributed by atoms with Gasteiger partial charge < -0.3 is 5.73 Å². The van der Waals surface area contributed by atoms with E-state index in [4.69, 9.17) is 10.9 Å². The molecule has 0 amide bonds. The number of benzene rings is 1. The predicted octanol–water partition coefficient (Wildman–Crippen LogP) is -0.856. The zero-order chi connectivity index (χ0) is 14.0. The number of primary sulfonamides is 1. The van der Waals surface area contributed by atoms with Gasteiger partial charge in [0.05, 0.1) is 10.6 Å². The molecule has 0 saturated heterocycles. The first-order valence-electron chi connectivity index (χ1n) is 4.99. The zero-order valence-electron chi connectivity index (χ0n) is 9.75. The first kappa shape index (κ1) is 14.9. The van der Waals surface area contributed by atoms with E-state index >= 15 is 0 Å². The van der Waals surface area contributed by atoms with Crippen LogP contribution >= 0.6 is 0 Å². The number of hydrogen-bond donors (Lipinski definition) is 3. The highest BCUT2D eigenvalue weighted by Gasteiger charge is 2.18. The normalized spacial score (nSPS) is 12.6. The van der Waals surface area contributed by atoms with Gasteiger partial charge >= 0.3 is 0 Å². The van der Waals surface area contributed by atoms with Crippen LogP contribution < -0.4 is 15.6 Å². The molecule has 1 aromatic rings. The molecule has 18 heavy (non-hydrogen) atoms. The van der Waals surface area contributed by atoms with Gasteiger partial charge in [0.1, 0.15) is 0 Å². The fraction of sp³-hybridized carbons (Fsp3) is 0.333. The third kappa shape index (κ3) is 3.95. The van der Waals surface area contributed by atoms with E-state index in [0.717, 1.165) is 0 Å². The van der Waals surface area contributed by atoms with E-state index in [1.807, 2.05) is 0 Å². The molecule has 9 heteroatoms. The van der Waals surface area contributed by atoms with Gasteiger partial charge in [-0.2, -0.15) is 0 Å². The summed E-state index contributed by atoms with van der Waals surface area (Å²) in [4.78, 5) is 0.0249. The van der Waals surface area contributed by atoms with E-state index < -0.39 is 25.8 Å². The maximum atomic E-state index is 11.9. The number of nitrogen functional groups attached to an aromatic ring is 1. The molecule has 0 spiro atoms. The predicted molar refractivity (Wildman–Crippen MR) is 68.8 cm³/mol. The van der Waals surface area contributed by atoms with Crippen molar-refractivity contribution in [3.63, 3.8) is 0 Å². The van der Waals surface area contributed by atoms with Crippen LogP contribution in [0.4, 0.5) is 5.69 Å². The van der Waals surface area contributed by atoms with Crippen molar-refractivity contribution in [2.75, 3.05) is 18.0 Å². The lowest BCUT2D eigenvalue weighted by atomic mass is 10.2. The smallest absolute Gasteiger partial charge is 0.240 e. The summed E-state index contributed by atoms with van der Waals surface area (Å²) in [5.74, 6) is -0.465. The molecule has 0 aromatic heterocycles. The molecule has 1 rings (SSSR count). The van der Waals surface area contributed by atoms with Gasteiger partial charge in [0.25, 0.3) is 0 Å². The maximum absolute atomic E-state index is 11.9. The number of nitrogens with one attached hydrogen (secondary N) is 1.